The number of aromatic nitrogens is 2. The Kier molecular flexibility index (Phi) is 3.33. The van der Waals surface area contributed by atoms with Gasteiger partial charge in [0.1, 0.15) is 5.82 Å². The summed E-state index contributed by atoms with van der Waals surface area (Å²) in [5, 5.41) is 3.40. The van der Waals surface area contributed by atoms with E-state index in [9.17, 15) is 0 Å². The molecule has 1 aliphatic heterocycles. The van der Waals surface area contributed by atoms with E-state index in [2.05, 4.69) is 19.2 Å². The van der Waals surface area contributed by atoms with E-state index in [1.807, 2.05) is 0 Å². The predicted molar refractivity (Wildman–Crippen MR) is 72.3 cm³/mol. The number of fused-ring (bicyclic) bond motifs is 1. The summed E-state index contributed by atoms with van der Waals surface area (Å²) >= 11 is 0. The minimum atomic E-state index is 0.602. The van der Waals surface area contributed by atoms with Gasteiger partial charge in [0.25, 0.3) is 0 Å². The van der Waals surface area contributed by atoms with Crippen LogP contribution in [0.15, 0.2) is 0 Å². The van der Waals surface area contributed by atoms with E-state index in [1.54, 1.807) is 0 Å². The quantitative estimate of drug-likeness (QED) is 0.870. The predicted octanol–water partition coefficient (Wildman–Crippen LogP) is 2.94. The van der Waals surface area contributed by atoms with Crippen LogP contribution < -0.4 is 5.32 Å². The average Bonchev–Trinajstić information content (AvgIpc) is 2.85. The molecular formula is C15H23N3. The van der Waals surface area contributed by atoms with Crippen LogP contribution in [0.5, 0.6) is 0 Å². The van der Waals surface area contributed by atoms with E-state index in [0.29, 0.717) is 5.92 Å². The molecule has 2 atom stereocenters. The highest BCUT2D eigenvalue weighted by Crippen LogP contribution is 2.35. The Labute approximate surface area is 109 Å². The summed E-state index contributed by atoms with van der Waals surface area (Å²) in [6.45, 7) is 6.45. The fraction of sp³-hybridized carbons (Fsp3) is 0.733. The molecule has 1 saturated carbocycles. The second-order valence-corrected chi connectivity index (χ2v) is 5.88. The van der Waals surface area contributed by atoms with E-state index in [0.717, 1.165) is 31.3 Å². The molecule has 1 fully saturated rings. The first-order valence-corrected chi connectivity index (χ1v) is 7.37. The summed E-state index contributed by atoms with van der Waals surface area (Å²) in [5.41, 5.74) is 3.90. The largest absolute Gasteiger partial charge is 0.307 e. The van der Waals surface area contributed by atoms with Crippen molar-refractivity contribution in [3.63, 3.8) is 0 Å². The van der Waals surface area contributed by atoms with Gasteiger partial charge in [-0.1, -0.05) is 26.7 Å². The van der Waals surface area contributed by atoms with E-state index in [1.165, 1.54) is 42.6 Å². The van der Waals surface area contributed by atoms with E-state index >= 15 is 0 Å². The van der Waals surface area contributed by atoms with Crippen LogP contribution in [0.2, 0.25) is 0 Å². The second-order valence-electron chi connectivity index (χ2n) is 5.88. The molecule has 0 amide bonds. The van der Waals surface area contributed by atoms with Crippen molar-refractivity contribution < 1.29 is 0 Å². The molecule has 1 aromatic heterocycles. The van der Waals surface area contributed by atoms with Crippen molar-refractivity contribution in [2.75, 3.05) is 0 Å². The molecule has 0 saturated heterocycles. The maximum Gasteiger partial charge on any atom is 0.132 e. The molecule has 0 bridgehead atoms. The highest BCUT2D eigenvalue weighted by molar-refractivity contribution is 5.30. The first-order chi connectivity index (χ1) is 8.78. The van der Waals surface area contributed by atoms with Gasteiger partial charge in [0, 0.05) is 30.3 Å². The highest BCUT2D eigenvalue weighted by atomic mass is 15.0. The van der Waals surface area contributed by atoms with Crippen LogP contribution in [0.25, 0.3) is 0 Å². The molecule has 0 aromatic carbocycles. The van der Waals surface area contributed by atoms with Crippen molar-refractivity contribution in [1.29, 1.82) is 0 Å². The van der Waals surface area contributed by atoms with E-state index in [-0.39, 0.29) is 0 Å². The smallest absolute Gasteiger partial charge is 0.132 e. The second kappa shape index (κ2) is 4.96. The third kappa shape index (κ3) is 2.16. The van der Waals surface area contributed by atoms with Crippen LogP contribution in [0, 0.1) is 5.92 Å². The molecule has 3 rings (SSSR count). The Bertz CT molecular complexity index is 442. The number of nitrogens with one attached hydrogen (secondary N) is 1. The van der Waals surface area contributed by atoms with Crippen LogP contribution in [0.1, 0.15) is 68.2 Å². The van der Waals surface area contributed by atoms with Crippen LogP contribution in [0.4, 0.5) is 0 Å². The lowest BCUT2D eigenvalue weighted by atomic mass is 9.82. The van der Waals surface area contributed by atoms with E-state index < -0.39 is 0 Å². The topological polar surface area (TPSA) is 37.8 Å². The van der Waals surface area contributed by atoms with Crippen LogP contribution >= 0.6 is 0 Å². The van der Waals surface area contributed by atoms with Gasteiger partial charge in [0.2, 0.25) is 0 Å². The molecule has 1 aromatic rings. The number of rotatable bonds is 2. The third-order valence-electron chi connectivity index (χ3n) is 4.43. The Morgan fingerprint density at radius 3 is 2.89 bits per heavy atom. The highest BCUT2D eigenvalue weighted by Gasteiger charge is 2.25. The zero-order valence-electron chi connectivity index (χ0n) is 11.5. The Morgan fingerprint density at radius 2 is 2.11 bits per heavy atom. The van der Waals surface area contributed by atoms with E-state index in [4.69, 9.17) is 9.97 Å². The van der Waals surface area contributed by atoms with Gasteiger partial charge in [-0.2, -0.15) is 0 Å². The molecule has 0 spiro atoms. The van der Waals surface area contributed by atoms with Crippen molar-refractivity contribution in [3.8, 4) is 0 Å². The SMILES string of the molecule is CCc1nc(C2CCCC(C)C2)nc2c1CNC2. The lowest BCUT2D eigenvalue weighted by molar-refractivity contribution is 0.334. The molecular weight excluding hydrogens is 222 g/mol. The third-order valence-corrected chi connectivity index (χ3v) is 4.43. The monoisotopic (exact) mass is 245 g/mol. The summed E-state index contributed by atoms with van der Waals surface area (Å²) < 4.78 is 0. The lowest BCUT2D eigenvalue weighted by Crippen LogP contribution is -2.16. The van der Waals surface area contributed by atoms with Gasteiger partial charge in [0.05, 0.1) is 5.69 Å². The molecule has 1 N–H and O–H groups in total. The van der Waals surface area contributed by atoms with Crippen molar-refractivity contribution in [2.24, 2.45) is 5.92 Å². The summed E-state index contributed by atoms with van der Waals surface area (Å²) in [5.74, 6) is 2.56. The maximum absolute atomic E-state index is 4.87. The summed E-state index contributed by atoms with van der Waals surface area (Å²) in [7, 11) is 0. The molecule has 3 heteroatoms. The van der Waals surface area contributed by atoms with Crippen LogP contribution in [0.3, 0.4) is 0 Å². The fourth-order valence-electron chi connectivity index (χ4n) is 3.40. The van der Waals surface area contributed by atoms with Gasteiger partial charge in [0.15, 0.2) is 0 Å². The van der Waals surface area contributed by atoms with Gasteiger partial charge in [-0.25, -0.2) is 9.97 Å². The minimum Gasteiger partial charge on any atom is -0.307 e. The van der Waals surface area contributed by atoms with Crippen molar-refractivity contribution in [3.05, 3.63) is 22.8 Å². The van der Waals surface area contributed by atoms with Crippen molar-refractivity contribution >= 4 is 0 Å². The standard InChI is InChI=1S/C15H23N3/c1-3-13-12-8-16-9-14(12)18-15(17-13)11-6-4-5-10(2)7-11/h10-11,16H,3-9H2,1-2H3. The lowest BCUT2D eigenvalue weighted by Gasteiger charge is -2.26. The molecule has 0 radical (unpaired) electrons. The van der Waals surface area contributed by atoms with Gasteiger partial charge in [-0.3, -0.25) is 0 Å². The zero-order valence-corrected chi connectivity index (χ0v) is 11.5. The Balaban J connectivity index is 1.92. The Morgan fingerprint density at radius 1 is 1.22 bits per heavy atom. The van der Waals surface area contributed by atoms with Crippen molar-refractivity contribution in [1.82, 2.24) is 15.3 Å². The van der Waals surface area contributed by atoms with Gasteiger partial charge < -0.3 is 5.32 Å². The fourth-order valence-corrected chi connectivity index (χ4v) is 3.40. The zero-order chi connectivity index (χ0) is 12.5. The number of aryl methyl sites for hydroxylation is 1. The molecule has 3 nitrogen and oxygen atoms in total. The molecule has 98 valence electrons. The molecule has 2 aliphatic rings. The van der Waals surface area contributed by atoms with Crippen LogP contribution in [-0.4, -0.2) is 9.97 Å². The molecule has 18 heavy (non-hydrogen) atoms. The number of nitrogens with zero attached hydrogens (tertiary/aromatic N) is 2. The molecule has 1 aliphatic carbocycles. The van der Waals surface area contributed by atoms with Crippen molar-refractivity contribution in [2.45, 2.75) is 65.0 Å². The minimum absolute atomic E-state index is 0.602. The van der Waals surface area contributed by atoms with Gasteiger partial charge in [-0.05, 0) is 25.2 Å². The first kappa shape index (κ1) is 12.1. The average molecular weight is 245 g/mol. The number of hydrogen-bond acceptors (Lipinski definition) is 3. The molecule has 2 heterocycles. The summed E-state index contributed by atoms with van der Waals surface area (Å²) in [6, 6.07) is 0. The van der Waals surface area contributed by atoms with Gasteiger partial charge in [-0.15, -0.1) is 0 Å². The Hall–Kier alpha value is -0.960. The van der Waals surface area contributed by atoms with Crippen LogP contribution in [-0.2, 0) is 19.5 Å². The summed E-state index contributed by atoms with van der Waals surface area (Å²) in [6.07, 6.45) is 6.30. The molecule has 2 unspecified atom stereocenters. The maximum atomic E-state index is 4.87. The first-order valence-electron chi connectivity index (χ1n) is 7.37. The summed E-state index contributed by atoms with van der Waals surface area (Å²) in [4.78, 5) is 9.72. The van der Waals surface area contributed by atoms with Gasteiger partial charge >= 0.3 is 0 Å². The normalized spacial score (nSPS) is 27.2. The number of hydrogen-bond donors (Lipinski definition) is 1.